The molecule has 2 unspecified atom stereocenters. The molecule has 1 aliphatic rings. The van der Waals surface area contributed by atoms with Gasteiger partial charge in [0.15, 0.2) is 0 Å². The molecule has 6 heteroatoms. The molecule has 0 radical (unpaired) electrons. The molecular formula is C11H18N2O4. The quantitative estimate of drug-likeness (QED) is 0.699. The largest absolute Gasteiger partial charge is 0.481 e. The number of aliphatic carboxylic acids is 1. The number of nitrogens with one attached hydrogen (secondary N) is 1. The van der Waals surface area contributed by atoms with E-state index in [-0.39, 0.29) is 18.4 Å². The average Bonchev–Trinajstić information content (AvgIpc) is 2.80. The van der Waals surface area contributed by atoms with Crippen molar-refractivity contribution in [2.75, 3.05) is 20.6 Å². The summed E-state index contributed by atoms with van der Waals surface area (Å²) >= 11 is 0. The fourth-order valence-electron chi connectivity index (χ4n) is 2.17. The smallest absolute Gasteiger partial charge is 0.307 e. The minimum absolute atomic E-state index is 0.0474. The number of likely N-dealkylation sites (N-methyl/N-ethyl adjacent to an activating group) is 2. The Kier molecular flexibility index (Phi) is 3.45. The van der Waals surface area contributed by atoms with Gasteiger partial charge in [-0.15, -0.1) is 0 Å². The second-order valence-corrected chi connectivity index (χ2v) is 4.98. The molecule has 0 saturated heterocycles. The molecule has 1 aliphatic carbocycles. The van der Waals surface area contributed by atoms with Gasteiger partial charge >= 0.3 is 5.97 Å². The highest BCUT2D eigenvalue weighted by molar-refractivity contribution is 5.93. The maximum absolute atomic E-state index is 12.0. The molecule has 0 bridgehead atoms. The van der Waals surface area contributed by atoms with E-state index >= 15 is 0 Å². The normalized spacial score (nSPS) is 24.9. The predicted octanol–water partition coefficient (Wildman–Crippen LogP) is -0.452. The number of hydrogen-bond acceptors (Lipinski definition) is 3. The number of hydrogen-bond donors (Lipinski definition) is 2. The summed E-state index contributed by atoms with van der Waals surface area (Å²) in [5.41, 5.74) is -0.528. The van der Waals surface area contributed by atoms with E-state index < -0.39 is 23.2 Å². The van der Waals surface area contributed by atoms with Crippen molar-refractivity contribution in [2.24, 2.45) is 17.3 Å². The van der Waals surface area contributed by atoms with E-state index in [1.165, 1.54) is 19.0 Å². The molecule has 96 valence electrons. The molecule has 1 rings (SSSR count). The van der Waals surface area contributed by atoms with Crippen LogP contribution in [0.4, 0.5) is 0 Å². The van der Waals surface area contributed by atoms with Crippen LogP contribution in [0.3, 0.4) is 0 Å². The van der Waals surface area contributed by atoms with E-state index in [4.69, 9.17) is 5.11 Å². The third-order valence-electron chi connectivity index (χ3n) is 3.40. The van der Waals surface area contributed by atoms with Crippen molar-refractivity contribution in [2.45, 2.75) is 13.8 Å². The Labute approximate surface area is 100.0 Å². The summed E-state index contributed by atoms with van der Waals surface area (Å²) in [6, 6.07) is 0. The standard InChI is InChI=1S/C11H18N2O4/c1-11(2)7(8(11)10(16)17)9(15)13(4)5-6(14)12-3/h7-8H,5H2,1-4H3,(H,12,14)(H,16,17). The number of rotatable bonds is 4. The van der Waals surface area contributed by atoms with E-state index in [9.17, 15) is 14.4 Å². The number of carbonyl (C=O) groups is 3. The maximum Gasteiger partial charge on any atom is 0.307 e. The first-order valence-corrected chi connectivity index (χ1v) is 5.41. The number of carboxylic acids is 1. The van der Waals surface area contributed by atoms with Crippen molar-refractivity contribution in [1.82, 2.24) is 10.2 Å². The van der Waals surface area contributed by atoms with E-state index in [1.807, 2.05) is 0 Å². The Morgan fingerprint density at radius 2 is 1.82 bits per heavy atom. The molecule has 1 saturated carbocycles. The van der Waals surface area contributed by atoms with Gasteiger partial charge in [0.05, 0.1) is 18.4 Å². The molecule has 2 N–H and O–H groups in total. The van der Waals surface area contributed by atoms with Crippen molar-refractivity contribution in [3.05, 3.63) is 0 Å². The summed E-state index contributed by atoms with van der Waals surface area (Å²) in [6.07, 6.45) is 0. The second kappa shape index (κ2) is 4.35. The zero-order valence-corrected chi connectivity index (χ0v) is 10.5. The topological polar surface area (TPSA) is 86.7 Å². The fraction of sp³-hybridized carbons (Fsp3) is 0.727. The van der Waals surface area contributed by atoms with Gasteiger partial charge in [0, 0.05) is 14.1 Å². The van der Waals surface area contributed by atoms with Gasteiger partial charge in [-0.1, -0.05) is 13.8 Å². The number of nitrogens with zero attached hydrogens (tertiary/aromatic N) is 1. The molecule has 0 aromatic carbocycles. The van der Waals surface area contributed by atoms with Crippen LogP contribution in [0.5, 0.6) is 0 Å². The Morgan fingerprint density at radius 1 is 1.29 bits per heavy atom. The van der Waals surface area contributed by atoms with Crippen molar-refractivity contribution in [3.8, 4) is 0 Å². The monoisotopic (exact) mass is 242 g/mol. The van der Waals surface area contributed by atoms with Crippen LogP contribution in [-0.2, 0) is 14.4 Å². The summed E-state index contributed by atoms with van der Waals surface area (Å²) in [7, 11) is 2.99. The molecule has 1 fully saturated rings. The van der Waals surface area contributed by atoms with E-state index in [1.54, 1.807) is 13.8 Å². The van der Waals surface area contributed by atoms with Gasteiger partial charge in [0.1, 0.15) is 0 Å². The van der Waals surface area contributed by atoms with Crippen LogP contribution >= 0.6 is 0 Å². The molecule has 0 aliphatic heterocycles. The lowest BCUT2D eigenvalue weighted by atomic mass is 10.1. The van der Waals surface area contributed by atoms with E-state index in [0.29, 0.717) is 0 Å². The SMILES string of the molecule is CNC(=O)CN(C)C(=O)C1C(C(=O)O)C1(C)C. The van der Waals surface area contributed by atoms with E-state index in [0.717, 1.165) is 0 Å². The first-order valence-electron chi connectivity index (χ1n) is 5.41. The first kappa shape index (κ1) is 13.5. The van der Waals surface area contributed by atoms with Crippen molar-refractivity contribution < 1.29 is 19.5 Å². The minimum atomic E-state index is -0.957. The molecule has 0 aromatic rings. The number of carbonyl (C=O) groups excluding carboxylic acids is 2. The van der Waals surface area contributed by atoms with Crippen molar-refractivity contribution in [1.29, 1.82) is 0 Å². The Bertz CT molecular complexity index is 364. The Balaban J connectivity index is 2.66. The molecule has 0 spiro atoms. The summed E-state index contributed by atoms with van der Waals surface area (Å²) < 4.78 is 0. The van der Waals surface area contributed by atoms with Gasteiger partial charge in [-0.3, -0.25) is 14.4 Å². The summed E-state index contributed by atoms with van der Waals surface area (Å²) in [5.74, 6) is -2.70. The average molecular weight is 242 g/mol. The molecule has 6 nitrogen and oxygen atoms in total. The molecule has 17 heavy (non-hydrogen) atoms. The van der Waals surface area contributed by atoms with Gasteiger partial charge in [-0.2, -0.15) is 0 Å². The summed E-state index contributed by atoms with van der Waals surface area (Å²) in [6.45, 7) is 3.46. The highest BCUT2D eigenvalue weighted by atomic mass is 16.4. The molecule has 2 amide bonds. The number of amides is 2. The van der Waals surface area contributed by atoms with Crippen molar-refractivity contribution in [3.63, 3.8) is 0 Å². The van der Waals surface area contributed by atoms with Gasteiger partial charge in [0.25, 0.3) is 0 Å². The van der Waals surface area contributed by atoms with Crippen molar-refractivity contribution >= 4 is 17.8 Å². The number of carboxylic acid groups (broad SMARTS) is 1. The lowest BCUT2D eigenvalue weighted by molar-refractivity contribution is -0.142. The summed E-state index contributed by atoms with van der Waals surface area (Å²) in [4.78, 5) is 35.3. The van der Waals surface area contributed by atoms with Crippen LogP contribution in [-0.4, -0.2) is 48.4 Å². The third-order valence-corrected chi connectivity index (χ3v) is 3.40. The van der Waals surface area contributed by atoms with Crippen LogP contribution in [0.2, 0.25) is 0 Å². The summed E-state index contributed by atoms with van der Waals surface area (Å²) in [5, 5.41) is 11.4. The zero-order chi connectivity index (χ0) is 13.4. The lowest BCUT2D eigenvalue weighted by Gasteiger charge is -2.16. The lowest BCUT2D eigenvalue weighted by Crippen LogP contribution is -2.38. The maximum atomic E-state index is 12.0. The van der Waals surface area contributed by atoms with Crippen LogP contribution in [0.1, 0.15) is 13.8 Å². The van der Waals surface area contributed by atoms with Gasteiger partial charge in [-0.25, -0.2) is 0 Å². The first-order chi connectivity index (χ1) is 7.73. The highest BCUT2D eigenvalue weighted by Crippen LogP contribution is 2.58. The highest BCUT2D eigenvalue weighted by Gasteiger charge is 2.66. The third kappa shape index (κ3) is 2.40. The fourth-order valence-corrected chi connectivity index (χ4v) is 2.17. The van der Waals surface area contributed by atoms with Gasteiger partial charge in [0.2, 0.25) is 11.8 Å². The van der Waals surface area contributed by atoms with Gasteiger partial charge in [-0.05, 0) is 5.41 Å². The molecule has 2 atom stereocenters. The zero-order valence-electron chi connectivity index (χ0n) is 10.5. The molecule has 0 aromatic heterocycles. The minimum Gasteiger partial charge on any atom is -0.481 e. The Morgan fingerprint density at radius 3 is 2.18 bits per heavy atom. The van der Waals surface area contributed by atoms with Crippen LogP contribution in [0.15, 0.2) is 0 Å². The van der Waals surface area contributed by atoms with E-state index in [2.05, 4.69) is 5.32 Å². The predicted molar refractivity (Wildman–Crippen MR) is 60.1 cm³/mol. The van der Waals surface area contributed by atoms with Crippen LogP contribution in [0.25, 0.3) is 0 Å². The second-order valence-electron chi connectivity index (χ2n) is 4.98. The van der Waals surface area contributed by atoms with Gasteiger partial charge < -0.3 is 15.3 Å². The van der Waals surface area contributed by atoms with Crippen LogP contribution < -0.4 is 5.32 Å². The molecular weight excluding hydrogens is 224 g/mol. The van der Waals surface area contributed by atoms with Crippen LogP contribution in [0, 0.1) is 17.3 Å². The molecule has 0 heterocycles. The Hall–Kier alpha value is -1.59.